The third kappa shape index (κ3) is 1.06. The van der Waals surface area contributed by atoms with Gasteiger partial charge in [-0.1, -0.05) is 0 Å². The predicted octanol–water partition coefficient (Wildman–Crippen LogP) is 2.49. The molecule has 1 aromatic heterocycles. The summed E-state index contributed by atoms with van der Waals surface area (Å²) in [6.45, 7) is 0. The van der Waals surface area contributed by atoms with E-state index in [0.717, 1.165) is 8.96 Å². The lowest BCUT2D eigenvalue weighted by molar-refractivity contribution is 0.638. The summed E-state index contributed by atoms with van der Waals surface area (Å²) in [7, 11) is 0. The molecular weight excluding hydrogens is 270 g/mol. The number of hydrogen-bond acceptors (Lipinski definition) is 1. The van der Waals surface area contributed by atoms with E-state index >= 15 is 0 Å². The van der Waals surface area contributed by atoms with E-state index in [0.29, 0.717) is 11.2 Å². The Morgan fingerprint density at radius 3 is 2.92 bits per heavy atom. The first-order valence-corrected chi connectivity index (χ1v) is 4.48. The lowest BCUT2D eigenvalue weighted by atomic mass is 10.2. The molecule has 0 aliphatic carbocycles. The first-order valence-electron chi connectivity index (χ1n) is 3.40. The number of nitrogen functional groups attached to an aromatic ring is 1. The van der Waals surface area contributed by atoms with Crippen molar-refractivity contribution in [3.63, 3.8) is 0 Å². The van der Waals surface area contributed by atoms with Gasteiger partial charge in [0.05, 0.1) is 5.52 Å². The number of fused-ring (bicyclic) bond motifs is 1. The minimum Gasteiger partial charge on any atom is -0.399 e. The molecule has 3 N–H and O–H groups in total. The summed E-state index contributed by atoms with van der Waals surface area (Å²) in [5.41, 5.74) is 6.47. The maximum Gasteiger partial charge on any atom is 0.149 e. The van der Waals surface area contributed by atoms with Crippen molar-refractivity contribution in [2.75, 3.05) is 5.73 Å². The molecule has 1 heterocycles. The van der Waals surface area contributed by atoms with Crippen LogP contribution in [0.15, 0.2) is 18.3 Å². The molecular formula is C8H6FIN2. The Bertz CT molecular complexity index is 436. The van der Waals surface area contributed by atoms with Crippen molar-refractivity contribution in [3.8, 4) is 0 Å². The van der Waals surface area contributed by atoms with Crippen LogP contribution in [0.5, 0.6) is 0 Å². The van der Waals surface area contributed by atoms with Crippen molar-refractivity contribution in [2.45, 2.75) is 0 Å². The van der Waals surface area contributed by atoms with Crippen LogP contribution in [0.2, 0.25) is 0 Å². The lowest BCUT2D eigenvalue weighted by Crippen LogP contribution is -1.86. The second-order valence-electron chi connectivity index (χ2n) is 2.56. The van der Waals surface area contributed by atoms with Gasteiger partial charge in [0.25, 0.3) is 0 Å². The average molecular weight is 276 g/mol. The number of anilines is 1. The van der Waals surface area contributed by atoms with E-state index in [1.165, 1.54) is 6.07 Å². The molecule has 62 valence electrons. The molecule has 0 atom stereocenters. The van der Waals surface area contributed by atoms with E-state index < -0.39 is 0 Å². The van der Waals surface area contributed by atoms with E-state index in [2.05, 4.69) is 27.6 Å². The summed E-state index contributed by atoms with van der Waals surface area (Å²) < 4.78 is 14.1. The molecule has 0 unspecified atom stereocenters. The quantitative estimate of drug-likeness (QED) is 0.563. The van der Waals surface area contributed by atoms with Gasteiger partial charge in [-0.3, -0.25) is 0 Å². The molecule has 2 aromatic rings. The van der Waals surface area contributed by atoms with Crippen LogP contribution in [0.3, 0.4) is 0 Å². The van der Waals surface area contributed by atoms with Crippen LogP contribution in [0.1, 0.15) is 0 Å². The van der Waals surface area contributed by atoms with Gasteiger partial charge in [-0.05, 0) is 34.7 Å². The van der Waals surface area contributed by atoms with Crippen molar-refractivity contribution in [1.29, 1.82) is 0 Å². The van der Waals surface area contributed by atoms with Crippen molar-refractivity contribution >= 4 is 39.2 Å². The first-order chi connectivity index (χ1) is 5.68. The number of aromatic nitrogens is 1. The summed E-state index contributed by atoms with van der Waals surface area (Å²) >= 11 is 2.13. The van der Waals surface area contributed by atoms with E-state index in [1.807, 2.05) is 0 Å². The van der Waals surface area contributed by atoms with Crippen LogP contribution in [-0.2, 0) is 0 Å². The second kappa shape index (κ2) is 2.62. The van der Waals surface area contributed by atoms with Gasteiger partial charge in [-0.25, -0.2) is 4.39 Å². The first kappa shape index (κ1) is 7.85. The van der Waals surface area contributed by atoms with Gasteiger partial charge in [-0.15, -0.1) is 0 Å². The molecule has 0 amide bonds. The Labute approximate surface area is 82.1 Å². The van der Waals surface area contributed by atoms with Crippen LogP contribution in [0, 0.1) is 9.39 Å². The SMILES string of the molecule is Nc1cc(F)c2[nH]cc(I)c2c1. The van der Waals surface area contributed by atoms with E-state index in [9.17, 15) is 4.39 Å². The highest BCUT2D eigenvalue weighted by Gasteiger charge is 2.06. The van der Waals surface area contributed by atoms with Gasteiger partial charge in [0.15, 0.2) is 0 Å². The fourth-order valence-electron chi connectivity index (χ4n) is 1.18. The minimum absolute atomic E-state index is 0.298. The summed E-state index contributed by atoms with van der Waals surface area (Å²) in [6, 6.07) is 3.08. The van der Waals surface area contributed by atoms with Gasteiger partial charge < -0.3 is 10.7 Å². The number of nitrogens with one attached hydrogen (secondary N) is 1. The van der Waals surface area contributed by atoms with Gasteiger partial charge in [0.2, 0.25) is 0 Å². The van der Waals surface area contributed by atoms with Crippen molar-refractivity contribution in [3.05, 3.63) is 27.7 Å². The predicted molar refractivity (Wildman–Crippen MR) is 55.4 cm³/mol. The number of halogens is 2. The second-order valence-corrected chi connectivity index (χ2v) is 3.72. The normalized spacial score (nSPS) is 10.8. The fourth-order valence-corrected chi connectivity index (χ4v) is 1.76. The third-order valence-corrected chi connectivity index (χ3v) is 2.61. The van der Waals surface area contributed by atoms with Crippen molar-refractivity contribution < 1.29 is 4.39 Å². The van der Waals surface area contributed by atoms with E-state index in [1.54, 1.807) is 12.3 Å². The maximum atomic E-state index is 13.1. The Morgan fingerprint density at radius 2 is 2.17 bits per heavy atom. The molecule has 4 heteroatoms. The van der Waals surface area contributed by atoms with Gasteiger partial charge in [-0.2, -0.15) is 0 Å². The highest BCUT2D eigenvalue weighted by atomic mass is 127. The summed E-state index contributed by atoms with van der Waals surface area (Å²) in [6.07, 6.45) is 1.76. The number of benzene rings is 1. The largest absolute Gasteiger partial charge is 0.399 e. The van der Waals surface area contributed by atoms with Crippen LogP contribution >= 0.6 is 22.6 Å². The topological polar surface area (TPSA) is 41.8 Å². The summed E-state index contributed by atoms with van der Waals surface area (Å²) in [4.78, 5) is 2.85. The van der Waals surface area contributed by atoms with Crippen LogP contribution in [-0.4, -0.2) is 4.98 Å². The van der Waals surface area contributed by atoms with Crippen LogP contribution in [0.4, 0.5) is 10.1 Å². The molecule has 0 radical (unpaired) electrons. The number of rotatable bonds is 0. The molecule has 0 bridgehead atoms. The zero-order valence-electron chi connectivity index (χ0n) is 6.07. The molecule has 0 aliphatic rings. The maximum absolute atomic E-state index is 13.1. The van der Waals surface area contributed by atoms with Gasteiger partial charge >= 0.3 is 0 Å². The Hall–Kier alpha value is -0.780. The van der Waals surface area contributed by atoms with Crippen LogP contribution < -0.4 is 5.73 Å². The molecule has 0 aliphatic heterocycles. The number of nitrogens with two attached hydrogens (primary N) is 1. The highest BCUT2D eigenvalue weighted by Crippen LogP contribution is 2.24. The molecule has 0 spiro atoms. The van der Waals surface area contributed by atoms with E-state index in [-0.39, 0.29) is 5.82 Å². The third-order valence-electron chi connectivity index (χ3n) is 1.71. The molecule has 1 aromatic carbocycles. The number of H-pyrrole nitrogens is 1. The number of hydrogen-bond donors (Lipinski definition) is 2. The summed E-state index contributed by atoms with van der Waals surface area (Å²) in [5.74, 6) is -0.298. The smallest absolute Gasteiger partial charge is 0.149 e. The monoisotopic (exact) mass is 276 g/mol. The van der Waals surface area contributed by atoms with Crippen LogP contribution in [0.25, 0.3) is 10.9 Å². The molecule has 12 heavy (non-hydrogen) atoms. The van der Waals surface area contributed by atoms with Gasteiger partial charge in [0.1, 0.15) is 5.82 Å². The average Bonchev–Trinajstić information content (AvgIpc) is 2.33. The Balaban J connectivity index is 2.92. The highest BCUT2D eigenvalue weighted by molar-refractivity contribution is 14.1. The molecule has 2 nitrogen and oxygen atoms in total. The lowest BCUT2D eigenvalue weighted by Gasteiger charge is -1.95. The van der Waals surface area contributed by atoms with Crippen molar-refractivity contribution in [2.24, 2.45) is 0 Å². The fraction of sp³-hybridized carbons (Fsp3) is 0. The number of aromatic amines is 1. The molecule has 0 fully saturated rings. The summed E-state index contributed by atoms with van der Waals surface area (Å²) in [5, 5.41) is 0.841. The zero-order chi connectivity index (χ0) is 8.72. The minimum atomic E-state index is -0.298. The molecule has 0 saturated heterocycles. The Morgan fingerprint density at radius 1 is 1.42 bits per heavy atom. The van der Waals surface area contributed by atoms with Gasteiger partial charge in [0, 0.05) is 20.8 Å². The van der Waals surface area contributed by atoms with Crippen molar-refractivity contribution in [1.82, 2.24) is 4.98 Å². The van der Waals surface area contributed by atoms with E-state index in [4.69, 9.17) is 5.73 Å². The molecule has 0 saturated carbocycles. The molecule has 2 rings (SSSR count). The zero-order valence-corrected chi connectivity index (χ0v) is 8.22. The Kier molecular flexibility index (Phi) is 1.71. The standard InChI is InChI=1S/C8H6FIN2/c9-6-2-4(11)1-5-7(10)3-12-8(5)6/h1-3,12H,11H2.